The molecule has 0 radical (unpaired) electrons. The summed E-state index contributed by atoms with van der Waals surface area (Å²) in [6.45, 7) is 10.9. The van der Waals surface area contributed by atoms with Crippen LogP contribution in [0.15, 0.2) is 4.99 Å². The number of rotatable bonds is 5. The van der Waals surface area contributed by atoms with Gasteiger partial charge in [0.25, 0.3) is 0 Å². The predicted octanol–water partition coefficient (Wildman–Crippen LogP) is 0.775. The first-order valence-electron chi connectivity index (χ1n) is 5.99. The van der Waals surface area contributed by atoms with Gasteiger partial charge in [-0.3, -0.25) is 4.99 Å². The maximum Gasteiger partial charge on any atom is 0.191 e. The van der Waals surface area contributed by atoms with Gasteiger partial charge in [-0.15, -0.1) is 0 Å². The minimum absolute atomic E-state index is 0.0801. The lowest BCUT2D eigenvalue weighted by atomic mass is 10.3. The first kappa shape index (κ1) is 16.2. The maximum absolute atomic E-state index is 11.8. The van der Waals surface area contributed by atoms with Crippen LogP contribution in [0.3, 0.4) is 0 Å². The van der Waals surface area contributed by atoms with Crippen molar-refractivity contribution in [2.45, 2.75) is 39.4 Å². The molecular formula is C11H25N3O2S. The first-order valence-corrected chi connectivity index (χ1v) is 7.64. The molecule has 0 aliphatic rings. The Morgan fingerprint density at radius 2 is 1.59 bits per heavy atom. The number of nitrogens with zero attached hydrogens (tertiary/aromatic N) is 1. The average Bonchev–Trinajstić information content (AvgIpc) is 2.16. The zero-order valence-corrected chi connectivity index (χ0v) is 12.3. The Morgan fingerprint density at radius 1 is 1.12 bits per heavy atom. The molecular weight excluding hydrogens is 238 g/mol. The third kappa shape index (κ3) is 5.91. The van der Waals surface area contributed by atoms with Crippen molar-refractivity contribution in [3.05, 3.63) is 0 Å². The number of hydrogen-bond acceptors (Lipinski definition) is 3. The topological polar surface area (TPSA) is 70.6 Å². The van der Waals surface area contributed by atoms with Crippen molar-refractivity contribution in [2.75, 3.05) is 25.4 Å². The quantitative estimate of drug-likeness (QED) is 0.568. The minimum atomic E-state index is -3.09. The molecule has 0 atom stereocenters. The molecule has 0 fully saturated rings. The zero-order valence-electron chi connectivity index (χ0n) is 11.5. The molecule has 0 spiro atoms. The summed E-state index contributed by atoms with van der Waals surface area (Å²) >= 11 is 0. The fraction of sp³-hybridized carbons (Fsp3) is 0.909. The van der Waals surface area contributed by atoms with Crippen LogP contribution in [-0.4, -0.2) is 44.5 Å². The Morgan fingerprint density at radius 3 is 1.94 bits per heavy atom. The van der Waals surface area contributed by atoms with E-state index in [-0.39, 0.29) is 12.3 Å². The standard InChI is InChI=1S/C11H25N3O2S/c1-6-12-10(13-7-2)14-8-9-17(15,16)11(3,4)5/h6-9H2,1-5H3,(H2,12,13,14). The second kappa shape index (κ2) is 6.83. The summed E-state index contributed by atoms with van der Waals surface area (Å²) in [5.74, 6) is 0.746. The molecule has 0 bridgehead atoms. The summed E-state index contributed by atoms with van der Waals surface area (Å²) in [5.41, 5.74) is 0. The molecule has 17 heavy (non-hydrogen) atoms. The van der Waals surface area contributed by atoms with Crippen molar-refractivity contribution >= 4 is 15.8 Å². The summed E-state index contributed by atoms with van der Waals surface area (Å²) in [6.07, 6.45) is 0. The lowest BCUT2D eigenvalue weighted by Crippen LogP contribution is -2.38. The van der Waals surface area contributed by atoms with E-state index in [2.05, 4.69) is 15.6 Å². The maximum atomic E-state index is 11.8. The molecule has 0 heterocycles. The SMILES string of the molecule is CCNC(=NCCS(=O)(=O)C(C)(C)C)NCC. The number of sulfone groups is 1. The van der Waals surface area contributed by atoms with Gasteiger partial charge in [-0.25, -0.2) is 8.42 Å². The summed E-state index contributed by atoms with van der Waals surface area (Å²) in [5, 5.41) is 6.11. The molecule has 0 rings (SSSR count). The van der Waals surface area contributed by atoms with E-state index in [0.29, 0.717) is 5.96 Å². The molecule has 0 amide bonds. The van der Waals surface area contributed by atoms with Gasteiger partial charge in [0.2, 0.25) is 0 Å². The molecule has 6 heteroatoms. The molecule has 0 aromatic carbocycles. The van der Waals surface area contributed by atoms with E-state index >= 15 is 0 Å². The van der Waals surface area contributed by atoms with E-state index in [0.717, 1.165) is 13.1 Å². The van der Waals surface area contributed by atoms with Crippen molar-refractivity contribution in [1.82, 2.24) is 10.6 Å². The van der Waals surface area contributed by atoms with E-state index in [4.69, 9.17) is 0 Å². The minimum Gasteiger partial charge on any atom is -0.357 e. The van der Waals surface area contributed by atoms with E-state index in [1.807, 2.05) is 13.8 Å². The molecule has 0 unspecified atom stereocenters. The highest BCUT2D eigenvalue weighted by Gasteiger charge is 2.28. The number of guanidine groups is 1. The summed E-state index contributed by atoms with van der Waals surface area (Å²) in [4.78, 5) is 4.22. The Hall–Kier alpha value is -0.780. The second-order valence-corrected chi connectivity index (χ2v) is 7.58. The van der Waals surface area contributed by atoms with Gasteiger partial charge >= 0.3 is 0 Å². The van der Waals surface area contributed by atoms with Crippen molar-refractivity contribution in [3.63, 3.8) is 0 Å². The van der Waals surface area contributed by atoms with Gasteiger partial charge in [0.1, 0.15) is 0 Å². The van der Waals surface area contributed by atoms with Crippen LogP contribution in [0.1, 0.15) is 34.6 Å². The molecule has 0 saturated carbocycles. The van der Waals surface area contributed by atoms with Gasteiger partial charge < -0.3 is 10.6 Å². The van der Waals surface area contributed by atoms with Crippen LogP contribution in [0.2, 0.25) is 0 Å². The van der Waals surface area contributed by atoms with Crippen LogP contribution < -0.4 is 10.6 Å². The van der Waals surface area contributed by atoms with Crippen LogP contribution in [0.25, 0.3) is 0 Å². The third-order valence-electron chi connectivity index (χ3n) is 2.25. The van der Waals surface area contributed by atoms with Crippen LogP contribution in [0, 0.1) is 0 Å². The Kier molecular flexibility index (Phi) is 6.52. The van der Waals surface area contributed by atoms with Crippen LogP contribution >= 0.6 is 0 Å². The van der Waals surface area contributed by atoms with Gasteiger partial charge in [0.15, 0.2) is 15.8 Å². The Bertz CT molecular complexity index is 334. The van der Waals surface area contributed by atoms with Crippen molar-refractivity contribution < 1.29 is 8.42 Å². The first-order chi connectivity index (χ1) is 7.74. The highest BCUT2D eigenvalue weighted by Crippen LogP contribution is 2.15. The Balaban J connectivity index is 4.42. The van der Waals surface area contributed by atoms with E-state index in [1.54, 1.807) is 20.8 Å². The number of hydrogen-bond donors (Lipinski definition) is 2. The summed E-state index contributed by atoms with van der Waals surface area (Å²) < 4.78 is 23.0. The van der Waals surface area contributed by atoms with Gasteiger partial charge in [-0.2, -0.15) is 0 Å². The monoisotopic (exact) mass is 263 g/mol. The zero-order chi connectivity index (χ0) is 13.5. The largest absolute Gasteiger partial charge is 0.357 e. The normalized spacial score (nSPS) is 12.1. The average molecular weight is 263 g/mol. The van der Waals surface area contributed by atoms with E-state index in [9.17, 15) is 8.42 Å². The van der Waals surface area contributed by atoms with Crippen molar-refractivity contribution in [2.24, 2.45) is 4.99 Å². The molecule has 2 N–H and O–H groups in total. The molecule has 5 nitrogen and oxygen atoms in total. The molecule has 0 aromatic heterocycles. The number of nitrogens with one attached hydrogen (secondary N) is 2. The lowest BCUT2D eigenvalue weighted by Gasteiger charge is -2.18. The highest BCUT2D eigenvalue weighted by molar-refractivity contribution is 7.92. The fourth-order valence-electron chi connectivity index (χ4n) is 1.09. The summed E-state index contributed by atoms with van der Waals surface area (Å²) in [7, 11) is -3.09. The van der Waals surface area contributed by atoms with Crippen LogP contribution in [0.4, 0.5) is 0 Å². The van der Waals surface area contributed by atoms with Crippen molar-refractivity contribution in [1.29, 1.82) is 0 Å². The molecule has 0 aromatic rings. The molecule has 102 valence electrons. The molecule has 0 aliphatic carbocycles. The van der Waals surface area contributed by atoms with Crippen LogP contribution in [-0.2, 0) is 9.84 Å². The molecule has 0 saturated heterocycles. The fourth-order valence-corrected chi connectivity index (χ4v) is 2.04. The Labute approximate surface area is 105 Å². The van der Waals surface area contributed by atoms with Crippen molar-refractivity contribution in [3.8, 4) is 0 Å². The third-order valence-corrected chi connectivity index (χ3v) is 4.84. The molecule has 0 aliphatic heterocycles. The smallest absolute Gasteiger partial charge is 0.191 e. The lowest BCUT2D eigenvalue weighted by molar-refractivity contribution is 0.560. The van der Waals surface area contributed by atoms with Gasteiger partial charge in [0, 0.05) is 13.1 Å². The number of aliphatic imine (C=N–C) groups is 1. The van der Waals surface area contributed by atoms with Gasteiger partial charge in [-0.1, -0.05) is 0 Å². The van der Waals surface area contributed by atoms with Gasteiger partial charge in [-0.05, 0) is 34.6 Å². The highest BCUT2D eigenvalue weighted by atomic mass is 32.2. The van der Waals surface area contributed by atoms with Crippen LogP contribution in [0.5, 0.6) is 0 Å². The van der Waals surface area contributed by atoms with Gasteiger partial charge in [0.05, 0.1) is 17.0 Å². The van der Waals surface area contributed by atoms with E-state index < -0.39 is 14.6 Å². The second-order valence-electron chi connectivity index (χ2n) is 4.72. The predicted molar refractivity (Wildman–Crippen MR) is 73.2 cm³/mol. The van der Waals surface area contributed by atoms with E-state index in [1.165, 1.54) is 0 Å². The summed E-state index contributed by atoms with van der Waals surface area (Å²) in [6, 6.07) is 0.